The van der Waals surface area contributed by atoms with E-state index < -0.39 is 29.4 Å². The molecule has 2 aromatic heterocycles. The van der Waals surface area contributed by atoms with Crippen molar-refractivity contribution in [2.24, 2.45) is 22.7 Å². The Balaban J connectivity index is 1.39. The topological polar surface area (TPSA) is 141 Å². The van der Waals surface area contributed by atoms with Gasteiger partial charge < -0.3 is 15.5 Å². The Morgan fingerprint density at radius 1 is 1.12 bits per heavy atom. The first-order valence-corrected chi connectivity index (χ1v) is 13.8. The Bertz CT molecular complexity index is 1520. The van der Waals surface area contributed by atoms with E-state index in [1.807, 2.05) is 51.1 Å². The predicted octanol–water partition coefficient (Wildman–Crippen LogP) is 2.96. The summed E-state index contributed by atoms with van der Waals surface area (Å²) in [5, 5.41) is 25.6. The highest BCUT2D eigenvalue weighted by Gasteiger charge is 2.69. The number of likely N-dealkylation sites (tertiary alicyclic amines) is 1. The fourth-order valence-corrected chi connectivity index (χ4v) is 6.18. The molecule has 41 heavy (non-hydrogen) atoms. The van der Waals surface area contributed by atoms with Crippen molar-refractivity contribution >= 4 is 28.5 Å². The average molecular weight is 554 g/mol. The van der Waals surface area contributed by atoms with Gasteiger partial charge in [-0.2, -0.15) is 15.5 Å². The molecule has 0 bridgehead atoms. The van der Waals surface area contributed by atoms with Crippen molar-refractivity contribution in [1.29, 1.82) is 5.26 Å². The van der Waals surface area contributed by atoms with Gasteiger partial charge in [0.15, 0.2) is 6.04 Å². The van der Waals surface area contributed by atoms with Crippen LogP contribution in [0.5, 0.6) is 0 Å². The number of carbonyl (C=O) groups is 3. The molecule has 1 aliphatic heterocycles. The summed E-state index contributed by atoms with van der Waals surface area (Å²) in [6, 6.07) is 10.5. The number of pyridine rings is 1. The van der Waals surface area contributed by atoms with Gasteiger partial charge in [-0.05, 0) is 34.3 Å². The summed E-state index contributed by atoms with van der Waals surface area (Å²) in [4.78, 5) is 46.7. The number of carbonyl (C=O) groups excluding carboxylic acids is 3. The van der Waals surface area contributed by atoms with Gasteiger partial charge in [0, 0.05) is 29.7 Å². The van der Waals surface area contributed by atoms with Gasteiger partial charge in [0.05, 0.1) is 18.7 Å². The Hall–Kier alpha value is -4.39. The number of aromatic nitrogens is 3. The summed E-state index contributed by atoms with van der Waals surface area (Å²) >= 11 is 0. The van der Waals surface area contributed by atoms with Gasteiger partial charge in [-0.1, -0.05) is 65.0 Å². The van der Waals surface area contributed by atoms with Crippen LogP contribution in [0.2, 0.25) is 0 Å². The lowest BCUT2D eigenvalue weighted by molar-refractivity contribution is -0.145. The molecule has 10 heteroatoms. The molecule has 0 spiro atoms. The van der Waals surface area contributed by atoms with E-state index in [0.29, 0.717) is 12.2 Å². The molecule has 2 fully saturated rings. The van der Waals surface area contributed by atoms with Crippen LogP contribution < -0.4 is 10.6 Å². The highest BCUT2D eigenvalue weighted by atomic mass is 16.2. The average Bonchev–Trinajstić information content (AvgIpc) is 3.26. The molecule has 1 aliphatic carbocycles. The fraction of sp³-hybridized carbons (Fsp3) is 0.452. The number of nitrogens with one attached hydrogen (secondary N) is 2. The first kappa shape index (κ1) is 28.1. The number of rotatable bonds is 7. The van der Waals surface area contributed by atoms with E-state index in [4.69, 9.17) is 0 Å². The molecular formula is C31H35N7O3. The lowest BCUT2D eigenvalue weighted by atomic mass is 9.85. The second-order valence-electron chi connectivity index (χ2n) is 12.7. The molecule has 5 atom stereocenters. The van der Waals surface area contributed by atoms with E-state index in [2.05, 4.69) is 45.7 Å². The van der Waals surface area contributed by atoms with Crippen LogP contribution in [0.1, 0.15) is 51.9 Å². The number of piperidine rings is 1. The van der Waals surface area contributed by atoms with E-state index in [-0.39, 0.29) is 35.5 Å². The largest absolute Gasteiger partial charge is 0.344 e. The molecular weight excluding hydrogens is 518 g/mol. The van der Waals surface area contributed by atoms with Crippen molar-refractivity contribution < 1.29 is 14.4 Å². The molecule has 1 aromatic carbocycles. The van der Waals surface area contributed by atoms with E-state index in [0.717, 1.165) is 16.3 Å². The van der Waals surface area contributed by atoms with Crippen LogP contribution in [-0.4, -0.2) is 56.4 Å². The molecule has 3 amide bonds. The summed E-state index contributed by atoms with van der Waals surface area (Å²) in [7, 11) is 0. The molecule has 1 saturated heterocycles. The number of nitrogens with zero attached hydrogens (tertiary/aromatic N) is 5. The molecule has 10 nitrogen and oxygen atoms in total. The molecule has 5 rings (SSSR count). The molecule has 3 heterocycles. The third-order valence-corrected chi connectivity index (χ3v) is 8.55. The quantitative estimate of drug-likeness (QED) is 0.458. The van der Waals surface area contributed by atoms with Crippen LogP contribution in [0.4, 0.5) is 0 Å². The van der Waals surface area contributed by atoms with Gasteiger partial charge in [0.2, 0.25) is 17.7 Å². The number of fused-ring (bicyclic) bond motifs is 2. The maximum absolute atomic E-state index is 14.1. The molecule has 212 valence electrons. The maximum Gasteiger partial charge on any atom is 0.246 e. The number of amides is 3. The minimum absolute atomic E-state index is 0.0592. The van der Waals surface area contributed by atoms with Crippen molar-refractivity contribution in [3.8, 4) is 6.07 Å². The Labute approximate surface area is 239 Å². The van der Waals surface area contributed by atoms with Gasteiger partial charge in [0.1, 0.15) is 17.8 Å². The zero-order valence-corrected chi connectivity index (χ0v) is 24.0. The lowest BCUT2D eigenvalue weighted by Gasteiger charge is -2.37. The summed E-state index contributed by atoms with van der Waals surface area (Å²) < 4.78 is 0. The first-order valence-electron chi connectivity index (χ1n) is 13.8. The molecule has 3 aromatic rings. The number of hydrogen-bond acceptors (Lipinski definition) is 7. The van der Waals surface area contributed by atoms with E-state index in [1.165, 1.54) is 0 Å². The van der Waals surface area contributed by atoms with Gasteiger partial charge >= 0.3 is 0 Å². The minimum atomic E-state index is -1.04. The minimum Gasteiger partial charge on any atom is -0.344 e. The van der Waals surface area contributed by atoms with Gasteiger partial charge in [-0.25, -0.2) is 0 Å². The number of benzene rings is 1. The van der Waals surface area contributed by atoms with Crippen molar-refractivity contribution in [3.05, 3.63) is 66.2 Å². The molecule has 1 saturated carbocycles. The van der Waals surface area contributed by atoms with Gasteiger partial charge in [0.25, 0.3) is 0 Å². The third kappa shape index (κ3) is 5.36. The van der Waals surface area contributed by atoms with Crippen LogP contribution >= 0.6 is 0 Å². The normalized spacial score (nSPS) is 22.2. The van der Waals surface area contributed by atoms with E-state index >= 15 is 0 Å². The summed E-state index contributed by atoms with van der Waals surface area (Å²) in [5.74, 6) is -0.926. The summed E-state index contributed by atoms with van der Waals surface area (Å²) in [6.07, 6.45) is 4.96. The van der Waals surface area contributed by atoms with E-state index in [1.54, 1.807) is 29.6 Å². The molecule has 0 radical (unpaired) electrons. The van der Waals surface area contributed by atoms with Crippen LogP contribution in [0.15, 0.2) is 55.0 Å². The third-order valence-electron chi connectivity index (χ3n) is 8.55. The smallest absolute Gasteiger partial charge is 0.246 e. The van der Waals surface area contributed by atoms with Crippen LogP contribution in [0, 0.1) is 34.0 Å². The fourth-order valence-electron chi connectivity index (χ4n) is 6.18. The monoisotopic (exact) mass is 553 g/mol. The van der Waals surface area contributed by atoms with Crippen LogP contribution in [0.3, 0.4) is 0 Å². The van der Waals surface area contributed by atoms with Crippen LogP contribution in [0.25, 0.3) is 10.8 Å². The number of nitriles is 1. The maximum atomic E-state index is 14.1. The second-order valence-corrected chi connectivity index (χ2v) is 12.7. The first-order chi connectivity index (χ1) is 19.4. The second kappa shape index (κ2) is 10.5. The standard InChI is InChI=1S/C31H35N7O3/c1-30(2,3)27(36-23(39)13-18-9-8-12-33-15-18)29(41)38-17-21-24(31(21,4)5)26(38)28(40)35-22(14-32)25-20-11-7-6-10-19(20)16-34-37-25/h6-12,15-16,21-22,24,26-27H,13,17H2,1-5H3,(H,35,40)(H,36,39)/t21-,22?,24-,26-,27+/m0/s1. The summed E-state index contributed by atoms with van der Waals surface area (Å²) in [6.45, 7) is 10.3. The van der Waals surface area contributed by atoms with Gasteiger partial charge in [-0.3, -0.25) is 19.4 Å². The Morgan fingerprint density at radius 2 is 1.88 bits per heavy atom. The molecule has 2 aliphatic rings. The zero-order chi connectivity index (χ0) is 29.5. The molecule has 1 unspecified atom stereocenters. The summed E-state index contributed by atoms with van der Waals surface area (Å²) in [5.41, 5.74) is 0.363. The number of hydrogen-bond donors (Lipinski definition) is 2. The molecule has 2 N–H and O–H groups in total. The Kier molecular flexibility index (Phi) is 7.24. The SMILES string of the molecule is CC(C)(C)[C@H](NC(=O)Cc1cccnc1)C(=O)N1C[C@H]2[C@@H]([C@H]1C(=O)NC(C#N)c1nncc3ccccc13)C2(C)C. The van der Waals surface area contributed by atoms with Crippen LogP contribution in [-0.2, 0) is 20.8 Å². The highest BCUT2D eigenvalue weighted by molar-refractivity contribution is 5.95. The highest BCUT2D eigenvalue weighted by Crippen LogP contribution is 2.65. The predicted molar refractivity (Wildman–Crippen MR) is 152 cm³/mol. The van der Waals surface area contributed by atoms with E-state index in [9.17, 15) is 19.6 Å². The lowest BCUT2D eigenvalue weighted by Crippen LogP contribution is -2.59. The van der Waals surface area contributed by atoms with Crippen molar-refractivity contribution in [1.82, 2.24) is 30.7 Å². The Morgan fingerprint density at radius 3 is 2.56 bits per heavy atom. The van der Waals surface area contributed by atoms with Gasteiger partial charge in [-0.15, -0.1) is 0 Å². The van der Waals surface area contributed by atoms with Crippen molar-refractivity contribution in [3.63, 3.8) is 0 Å². The zero-order valence-electron chi connectivity index (χ0n) is 24.0. The van der Waals surface area contributed by atoms with Crippen molar-refractivity contribution in [2.45, 2.75) is 59.2 Å². The van der Waals surface area contributed by atoms with Crippen molar-refractivity contribution in [2.75, 3.05) is 6.54 Å².